The number of carbonyl (C=O) groups is 1. The molecule has 0 unspecified atom stereocenters. The summed E-state index contributed by atoms with van der Waals surface area (Å²) in [5.74, 6) is -1.00. The quantitative estimate of drug-likeness (QED) is 0.358. The summed E-state index contributed by atoms with van der Waals surface area (Å²) < 4.78 is 93.8. The van der Waals surface area contributed by atoms with Gasteiger partial charge in [0.1, 0.15) is 17.1 Å². The Labute approximate surface area is 248 Å². The van der Waals surface area contributed by atoms with Gasteiger partial charge in [0.15, 0.2) is 9.84 Å². The van der Waals surface area contributed by atoms with Gasteiger partial charge >= 0.3 is 6.36 Å². The molecule has 1 amide bonds. The van der Waals surface area contributed by atoms with Crippen molar-refractivity contribution in [2.45, 2.75) is 50.3 Å². The highest BCUT2D eigenvalue weighted by atomic mass is 32.2. The second-order valence-electron chi connectivity index (χ2n) is 10.5. The first-order valence-corrected chi connectivity index (χ1v) is 16.8. The van der Waals surface area contributed by atoms with E-state index in [0.29, 0.717) is 29.5 Å². The van der Waals surface area contributed by atoms with Gasteiger partial charge in [-0.25, -0.2) is 16.8 Å². The summed E-state index contributed by atoms with van der Waals surface area (Å²) in [5.41, 5.74) is 0.861. The number of aryl methyl sites for hydroxylation is 1. The number of amides is 1. The Kier molecular flexibility index (Phi) is 9.69. The molecule has 0 aromatic heterocycles. The average molecular weight is 644 g/mol. The summed E-state index contributed by atoms with van der Waals surface area (Å²) in [6, 6.07) is 10.0. The third kappa shape index (κ3) is 8.43. The lowest BCUT2D eigenvalue weighted by Crippen LogP contribution is -2.50. The number of unbranched alkanes of at least 4 members (excludes halogenated alkanes) is 1. The summed E-state index contributed by atoms with van der Waals surface area (Å²) >= 11 is 0. The first-order chi connectivity index (χ1) is 20.1. The molecule has 10 nitrogen and oxygen atoms in total. The number of nitrogens with one attached hydrogen (secondary N) is 1. The second kappa shape index (κ2) is 12.8. The third-order valence-electron chi connectivity index (χ3n) is 7.23. The van der Waals surface area contributed by atoms with Crippen molar-refractivity contribution in [1.82, 2.24) is 9.62 Å². The highest BCUT2D eigenvalue weighted by molar-refractivity contribution is 7.92. The Morgan fingerprint density at radius 1 is 1.09 bits per heavy atom. The largest absolute Gasteiger partial charge is 0.573 e. The van der Waals surface area contributed by atoms with Gasteiger partial charge in [-0.3, -0.25) is 9.79 Å². The number of piperidine rings is 1. The number of halogens is 3. The molecule has 43 heavy (non-hydrogen) atoms. The molecule has 0 bridgehead atoms. The van der Waals surface area contributed by atoms with Gasteiger partial charge in [0, 0.05) is 30.7 Å². The Balaban J connectivity index is 1.40. The van der Waals surface area contributed by atoms with Crippen LogP contribution in [0.3, 0.4) is 0 Å². The zero-order valence-corrected chi connectivity index (χ0v) is 24.9. The van der Waals surface area contributed by atoms with E-state index in [4.69, 9.17) is 5.11 Å². The molecule has 1 spiro atoms. The summed E-state index contributed by atoms with van der Waals surface area (Å²) in [6.45, 7) is 1.68. The van der Waals surface area contributed by atoms with E-state index in [1.165, 1.54) is 22.5 Å². The van der Waals surface area contributed by atoms with Crippen molar-refractivity contribution >= 4 is 37.7 Å². The van der Waals surface area contributed by atoms with E-state index in [1.807, 2.05) is 0 Å². The Hall–Kier alpha value is -3.27. The number of alkyl halides is 3. The molecule has 0 atom stereocenters. The van der Waals surface area contributed by atoms with Crippen LogP contribution in [-0.2, 0) is 30.4 Å². The first kappa shape index (κ1) is 32.6. The van der Waals surface area contributed by atoms with Gasteiger partial charge in [0.2, 0.25) is 10.0 Å². The minimum Gasteiger partial charge on any atom is -0.406 e. The van der Waals surface area contributed by atoms with Crippen LogP contribution in [-0.4, -0.2) is 75.3 Å². The van der Waals surface area contributed by atoms with Crippen LogP contribution in [0.15, 0.2) is 52.9 Å². The van der Waals surface area contributed by atoms with E-state index in [-0.39, 0.29) is 55.4 Å². The number of ether oxygens (including phenoxy) is 1. The normalized spacial score (nSPS) is 17.8. The molecular weight excluding hydrogens is 611 g/mol. The number of aliphatic hydroxyl groups excluding tert-OH is 1. The van der Waals surface area contributed by atoms with Crippen LogP contribution >= 0.6 is 0 Å². The summed E-state index contributed by atoms with van der Waals surface area (Å²) in [4.78, 5) is 17.3. The maximum Gasteiger partial charge on any atom is 0.573 e. The predicted molar refractivity (Wildman–Crippen MR) is 154 cm³/mol. The number of hydrogen-bond donors (Lipinski definition) is 2. The van der Waals surface area contributed by atoms with Gasteiger partial charge in [0.25, 0.3) is 5.91 Å². The molecule has 1 saturated heterocycles. The number of sulfone groups is 1. The van der Waals surface area contributed by atoms with Crippen molar-refractivity contribution in [3.8, 4) is 5.75 Å². The Morgan fingerprint density at radius 3 is 2.47 bits per heavy atom. The molecule has 2 heterocycles. The molecule has 0 saturated carbocycles. The van der Waals surface area contributed by atoms with E-state index in [1.54, 1.807) is 25.1 Å². The molecule has 15 heteroatoms. The standard InChI is InChI=1S/C28H32F3N3O7S2/c1-20-17-21(19-42(37,38)15-3-2-14-35)7-8-22(20)9-16-43(39,40)34-12-10-27(11-13-34)26(36)32-25(33-27)23-5-4-6-24(18-23)41-28(29,30)31/h4-9,16-18,35H,2-3,10-15,19H2,1H3,(H,32,33,36)/b16-9+. The maximum atomic E-state index is 13.1. The summed E-state index contributed by atoms with van der Waals surface area (Å²) in [5, 5.41) is 12.5. The zero-order chi connectivity index (χ0) is 31.5. The summed E-state index contributed by atoms with van der Waals surface area (Å²) in [6.07, 6.45) is -2.50. The van der Waals surface area contributed by atoms with Gasteiger partial charge in [0.05, 0.1) is 11.5 Å². The first-order valence-electron chi connectivity index (χ1n) is 13.5. The van der Waals surface area contributed by atoms with Crippen LogP contribution in [0.1, 0.15) is 47.9 Å². The van der Waals surface area contributed by atoms with Gasteiger partial charge in [-0.1, -0.05) is 30.3 Å². The number of aliphatic hydroxyl groups is 1. The molecule has 0 radical (unpaired) electrons. The number of carbonyl (C=O) groups excluding carboxylic acids is 1. The minimum absolute atomic E-state index is 0.000157. The van der Waals surface area contributed by atoms with Gasteiger partial charge < -0.3 is 15.2 Å². The van der Waals surface area contributed by atoms with Crippen LogP contribution in [0.4, 0.5) is 13.2 Å². The number of hydrogen-bond acceptors (Lipinski definition) is 8. The lowest BCUT2D eigenvalue weighted by molar-refractivity contribution is -0.274. The topological polar surface area (TPSA) is 142 Å². The molecule has 2 aliphatic rings. The van der Waals surface area contributed by atoms with Gasteiger partial charge in [-0.15, -0.1) is 13.2 Å². The smallest absolute Gasteiger partial charge is 0.406 e. The van der Waals surface area contributed by atoms with Crippen LogP contribution in [0.2, 0.25) is 0 Å². The van der Waals surface area contributed by atoms with Crippen molar-refractivity contribution in [2.24, 2.45) is 4.99 Å². The van der Waals surface area contributed by atoms with Crippen LogP contribution in [0, 0.1) is 6.92 Å². The number of amidine groups is 1. The number of nitrogens with zero attached hydrogens (tertiary/aromatic N) is 2. The number of rotatable bonds is 11. The highest BCUT2D eigenvalue weighted by Gasteiger charge is 2.47. The van der Waals surface area contributed by atoms with E-state index >= 15 is 0 Å². The lowest BCUT2D eigenvalue weighted by atomic mass is 9.89. The molecule has 2 N–H and O–H groups in total. The average Bonchev–Trinajstić information content (AvgIpc) is 3.22. The SMILES string of the molecule is Cc1cc(CS(=O)(=O)CCCCO)ccc1/C=C/S(=O)(=O)N1CCC2(CC1)N=C(c1cccc(OC(F)(F)F)c1)NC2=O. The molecule has 2 aliphatic heterocycles. The number of sulfonamides is 1. The predicted octanol–water partition coefficient (Wildman–Crippen LogP) is 3.29. The fourth-order valence-corrected chi connectivity index (χ4v) is 7.62. The van der Waals surface area contributed by atoms with Gasteiger partial charge in [-0.2, -0.15) is 4.31 Å². The van der Waals surface area contributed by atoms with Crippen LogP contribution in [0.5, 0.6) is 5.75 Å². The zero-order valence-electron chi connectivity index (χ0n) is 23.3. The van der Waals surface area contributed by atoms with E-state index < -0.39 is 43.4 Å². The van der Waals surface area contributed by atoms with E-state index in [9.17, 15) is 34.8 Å². The van der Waals surface area contributed by atoms with E-state index in [0.717, 1.165) is 17.5 Å². The molecule has 1 fully saturated rings. The van der Waals surface area contributed by atoms with Crippen LogP contribution < -0.4 is 10.1 Å². The Bertz CT molecular complexity index is 1630. The van der Waals surface area contributed by atoms with Crippen molar-refractivity contribution in [3.05, 3.63) is 70.1 Å². The second-order valence-corrected chi connectivity index (χ2v) is 14.5. The molecule has 2 aromatic carbocycles. The van der Waals surface area contributed by atoms with Crippen molar-refractivity contribution in [3.63, 3.8) is 0 Å². The number of benzene rings is 2. The fourth-order valence-electron chi connectivity index (χ4n) is 4.96. The van der Waals surface area contributed by atoms with Crippen molar-refractivity contribution in [1.29, 1.82) is 0 Å². The molecule has 0 aliphatic carbocycles. The monoisotopic (exact) mass is 643 g/mol. The number of aliphatic imine (C=N–C) groups is 1. The van der Waals surface area contributed by atoms with Crippen molar-refractivity contribution in [2.75, 3.05) is 25.4 Å². The molecule has 4 rings (SSSR count). The fraction of sp³-hybridized carbons (Fsp3) is 0.429. The molecule has 234 valence electrons. The lowest BCUT2D eigenvalue weighted by Gasteiger charge is -2.34. The van der Waals surface area contributed by atoms with Crippen LogP contribution in [0.25, 0.3) is 6.08 Å². The van der Waals surface area contributed by atoms with E-state index in [2.05, 4.69) is 15.0 Å². The highest BCUT2D eigenvalue weighted by Crippen LogP contribution is 2.33. The molecule has 2 aromatic rings. The molecular formula is C28H32F3N3O7S2. The van der Waals surface area contributed by atoms with Gasteiger partial charge in [-0.05, 0) is 67.5 Å². The van der Waals surface area contributed by atoms with Crippen molar-refractivity contribution < 1.29 is 44.6 Å². The maximum absolute atomic E-state index is 13.1. The minimum atomic E-state index is -4.88. The Morgan fingerprint density at radius 2 is 1.81 bits per heavy atom. The summed E-state index contributed by atoms with van der Waals surface area (Å²) in [7, 11) is -7.21. The third-order valence-corrected chi connectivity index (χ3v) is 10.5.